The minimum Gasteiger partial charge on any atom is -0.466 e. The van der Waals surface area contributed by atoms with Crippen molar-refractivity contribution < 1.29 is 18.7 Å². The summed E-state index contributed by atoms with van der Waals surface area (Å²) in [5.74, 6) is -1.76. The van der Waals surface area contributed by atoms with Gasteiger partial charge in [-0.25, -0.2) is 4.79 Å². The molecule has 1 aliphatic carbocycles. The number of carbonyl (C=O) groups is 2. The largest absolute Gasteiger partial charge is 0.466 e. The number of aryl methyl sites for hydroxylation is 1. The number of allylic oxidation sites excluding steroid dienone is 3. The number of Topliss-reactive ketones (excluding diaryl/α,β-unsaturated/α-hetero) is 1. The molecule has 1 aliphatic heterocycles. The smallest absolute Gasteiger partial charge is 0.336 e. The Morgan fingerprint density at radius 2 is 1.86 bits per heavy atom. The van der Waals surface area contributed by atoms with E-state index in [-0.39, 0.29) is 34.7 Å². The van der Waals surface area contributed by atoms with E-state index < -0.39 is 11.9 Å². The lowest BCUT2D eigenvalue weighted by atomic mass is 9.72. The number of esters is 1. The van der Waals surface area contributed by atoms with Crippen LogP contribution < -0.4 is 10.7 Å². The molecular weight excluding hydrogens is 466 g/mol. The van der Waals surface area contributed by atoms with Gasteiger partial charge in [-0.3, -0.25) is 9.59 Å². The van der Waals surface area contributed by atoms with Crippen LogP contribution in [0.15, 0.2) is 80.5 Å². The van der Waals surface area contributed by atoms with E-state index in [9.17, 15) is 14.4 Å². The highest BCUT2D eigenvalue weighted by molar-refractivity contribution is 6.31. The molecule has 2 atom stereocenters. The van der Waals surface area contributed by atoms with Crippen molar-refractivity contribution in [1.29, 1.82) is 0 Å². The molecule has 0 amide bonds. The average Bonchev–Trinajstić information content (AvgIpc) is 2.83. The topological polar surface area (TPSA) is 85.6 Å². The van der Waals surface area contributed by atoms with Crippen LogP contribution in [0.4, 0.5) is 0 Å². The summed E-state index contributed by atoms with van der Waals surface area (Å²) in [6.45, 7) is 3.64. The maximum Gasteiger partial charge on any atom is 0.336 e. The molecule has 0 spiro atoms. The van der Waals surface area contributed by atoms with Crippen LogP contribution in [0.25, 0.3) is 11.0 Å². The Kier molecular flexibility index (Phi) is 5.85. The van der Waals surface area contributed by atoms with Crippen molar-refractivity contribution >= 4 is 34.3 Å². The molecule has 0 fully saturated rings. The second-order valence-corrected chi connectivity index (χ2v) is 9.46. The Hall–Kier alpha value is -3.64. The van der Waals surface area contributed by atoms with Crippen molar-refractivity contribution in [3.8, 4) is 0 Å². The van der Waals surface area contributed by atoms with Gasteiger partial charge in [-0.15, -0.1) is 0 Å². The predicted octanol–water partition coefficient (Wildman–Crippen LogP) is 5.29. The number of carbonyl (C=O) groups excluding carboxylic acids is 2. The molecule has 3 aromatic rings. The third kappa shape index (κ3) is 3.88. The van der Waals surface area contributed by atoms with E-state index in [1.165, 1.54) is 13.4 Å². The molecule has 1 aromatic heterocycles. The van der Waals surface area contributed by atoms with Gasteiger partial charge in [-0.2, -0.15) is 0 Å². The maximum absolute atomic E-state index is 13.7. The summed E-state index contributed by atoms with van der Waals surface area (Å²) in [6, 6.07) is 12.8. The maximum atomic E-state index is 13.7. The fourth-order valence-electron chi connectivity index (χ4n) is 5.22. The molecule has 6 nitrogen and oxygen atoms in total. The number of ether oxygens (including phenoxy) is 1. The highest BCUT2D eigenvalue weighted by Crippen LogP contribution is 2.46. The summed E-state index contributed by atoms with van der Waals surface area (Å²) in [5, 5.41) is 4.27. The van der Waals surface area contributed by atoms with Crippen LogP contribution >= 0.6 is 11.6 Å². The second kappa shape index (κ2) is 8.86. The summed E-state index contributed by atoms with van der Waals surface area (Å²) in [5.41, 5.74) is 4.07. The molecule has 7 heteroatoms. The Labute approximate surface area is 207 Å². The third-order valence-corrected chi connectivity index (χ3v) is 7.19. The van der Waals surface area contributed by atoms with Crippen LogP contribution in [0.1, 0.15) is 48.3 Å². The van der Waals surface area contributed by atoms with E-state index in [2.05, 4.69) is 5.32 Å². The number of fused-ring (bicyclic) bond motifs is 1. The van der Waals surface area contributed by atoms with Crippen molar-refractivity contribution in [2.24, 2.45) is 0 Å². The Morgan fingerprint density at radius 3 is 2.60 bits per heavy atom. The molecule has 178 valence electrons. The number of rotatable bonds is 3. The number of hydrogen-bond donors (Lipinski definition) is 1. The first-order chi connectivity index (χ1) is 16.8. The van der Waals surface area contributed by atoms with Gasteiger partial charge in [-0.05, 0) is 49.9 Å². The third-order valence-electron chi connectivity index (χ3n) is 6.84. The van der Waals surface area contributed by atoms with Crippen LogP contribution in [0, 0.1) is 6.92 Å². The molecule has 0 bridgehead atoms. The summed E-state index contributed by atoms with van der Waals surface area (Å²) in [4.78, 5) is 40.2. The first-order valence-electron chi connectivity index (χ1n) is 11.4. The minimum atomic E-state index is -0.889. The Balaban J connectivity index is 1.70. The number of dihydropyridines is 1. The van der Waals surface area contributed by atoms with E-state index in [1.54, 1.807) is 19.1 Å². The fraction of sp³-hybridized carbons (Fsp3) is 0.250. The number of halogens is 1. The monoisotopic (exact) mass is 489 g/mol. The number of ketones is 1. The highest BCUT2D eigenvalue weighted by Gasteiger charge is 2.42. The van der Waals surface area contributed by atoms with Crippen LogP contribution in [0.3, 0.4) is 0 Å². The van der Waals surface area contributed by atoms with Gasteiger partial charge in [0.25, 0.3) is 0 Å². The highest BCUT2D eigenvalue weighted by atomic mass is 35.5. The lowest BCUT2D eigenvalue weighted by Crippen LogP contribution is -2.37. The van der Waals surface area contributed by atoms with Crippen LogP contribution in [-0.2, 0) is 14.3 Å². The molecule has 5 rings (SSSR count). The van der Waals surface area contributed by atoms with E-state index in [0.29, 0.717) is 39.4 Å². The normalized spacial score (nSPS) is 20.1. The van der Waals surface area contributed by atoms with Gasteiger partial charge < -0.3 is 14.5 Å². The van der Waals surface area contributed by atoms with Gasteiger partial charge in [-0.1, -0.05) is 41.4 Å². The van der Waals surface area contributed by atoms with E-state index in [0.717, 1.165) is 11.1 Å². The zero-order chi connectivity index (χ0) is 24.9. The zero-order valence-electron chi connectivity index (χ0n) is 19.6. The summed E-state index contributed by atoms with van der Waals surface area (Å²) >= 11 is 6.43. The fourth-order valence-corrected chi connectivity index (χ4v) is 5.51. The van der Waals surface area contributed by atoms with Gasteiger partial charge in [0.1, 0.15) is 5.58 Å². The molecular formula is C28H24ClNO5. The Morgan fingerprint density at radius 1 is 1.09 bits per heavy atom. The van der Waals surface area contributed by atoms with Gasteiger partial charge in [0, 0.05) is 34.0 Å². The first-order valence-corrected chi connectivity index (χ1v) is 11.8. The molecule has 2 aromatic carbocycles. The molecule has 0 saturated carbocycles. The summed E-state index contributed by atoms with van der Waals surface area (Å²) in [6.07, 6.45) is 2.10. The van der Waals surface area contributed by atoms with Crippen molar-refractivity contribution in [3.63, 3.8) is 0 Å². The molecule has 0 saturated heterocycles. The lowest BCUT2D eigenvalue weighted by molar-refractivity contribution is -0.136. The molecule has 0 radical (unpaired) electrons. The summed E-state index contributed by atoms with van der Waals surface area (Å²) in [7, 11) is 1.28. The zero-order valence-corrected chi connectivity index (χ0v) is 20.4. The average molecular weight is 490 g/mol. The SMILES string of the molecule is COC(=O)C1=C(C)NC2=C(C(=O)C[C@H](c3ccccc3Cl)C2)[C@H]1c1coc2ccc(C)cc2c1=O. The van der Waals surface area contributed by atoms with Crippen molar-refractivity contribution in [3.05, 3.63) is 103 Å². The van der Waals surface area contributed by atoms with Gasteiger partial charge in [0.05, 0.1) is 30.3 Å². The number of benzene rings is 2. The predicted molar refractivity (Wildman–Crippen MR) is 133 cm³/mol. The molecule has 1 N–H and O–H groups in total. The van der Waals surface area contributed by atoms with Crippen molar-refractivity contribution in [2.45, 2.75) is 38.5 Å². The second-order valence-electron chi connectivity index (χ2n) is 9.05. The summed E-state index contributed by atoms with van der Waals surface area (Å²) < 4.78 is 10.9. The molecule has 2 aliphatic rings. The molecule has 2 heterocycles. The van der Waals surface area contributed by atoms with Gasteiger partial charge >= 0.3 is 5.97 Å². The van der Waals surface area contributed by atoms with E-state index >= 15 is 0 Å². The quantitative estimate of drug-likeness (QED) is 0.503. The standard InChI is InChI=1S/C28H24ClNO5/c1-14-8-9-23-18(10-14)27(32)19(13-35-23)25-24(28(33)34-3)15(2)30-21-11-16(12-22(31)26(21)25)17-6-4-5-7-20(17)29/h4-10,13,16,25,30H,11-12H2,1-3H3/t16-,25+/m1/s1. The first kappa shape index (κ1) is 23.1. The molecule has 35 heavy (non-hydrogen) atoms. The van der Waals surface area contributed by atoms with E-state index in [1.807, 2.05) is 37.3 Å². The minimum absolute atomic E-state index is 0.119. The van der Waals surface area contributed by atoms with Crippen molar-refractivity contribution in [1.82, 2.24) is 5.32 Å². The van der Waals surface area contributed by atoms with Crippen molar-refractivity contribution in [2.75, 3.05) is 7.11 Å². The van der Waals surface area contributed by atoms with Gasteiger partial charge in [0.15, 0.2) is 11.2 Å². The number of nitrogens with one attached hydrogen (secondary N) is 1. The van der Waals surface area contributed by atoms with E-state index in [4.69, 9.17) is 20.8 Å². The lowest BCUT2D eigenvalue weighted by Gasteiger charge is -2.36. The molecule has 0 unspecified atom stereocenters. The van der Waals surface area contributed by atoms with Crippen LogP contribution in [0.2, 0.25) is 5.02 Å². The van der Waals surface area contributed by atoms with Crippen LogP contribution in [0.5, 0.6) is 0 Å². The number of hydrogen-bond acceptors (Lipinski definition) is 6. The van der Waals surface area contributed by atoms with Crippen LogP contribution in [-0.4, -0.2) is 18.9 Å². The number of methoxy groups -OCH3 is 1. The Bertz CT molecular complexity index is 1510. The van der Waals surface area contributed by atoms with Gasteiger partial charge in [0.2, 0.25) is 0 Å².